The molecule has 0 bridgehead atoms. The predicted molar refractivity (Wildman–Crippen MR) is 104 cm³/mol. The summed E-state index contributed by atoms with van der Waals surface area (Å²) in [5.41, 5.74) is 2.00. The highest BCUT2D eigenvalue weighted by atomic mass is 32.2. The minimum absolute atomic E-state index is 0.256. The Morgan fingerprint density at radius 2 is 1.63 bits per heavy atom. The summed E-state index contributed by atoms with van der Waals surface area (Å²) in [5, 5.41) is 8.79. The number of thiophene rings is 1. The molecule has 0 atom stereocenters. The molecule has 2 aliphatic heterocycles. The average molecular weight is 410 g/mol. The van der Waals surface area contributed by atoms with Crippen LogP contribution in [0.25, 0.3) is 0 Å². The van der Waals surface area contributed by atoms with E-state index in [4.69, 9.17) is 14.6 Å². The molecule has 2 N–H and O–H groups in total. The number of rotatable bonds is 5. The van der Waals surface area contributed by atoms with Gasteiger partial charge in [0.1, 0.15) is 13.2 Å². The zero-order valence-corrected chi connectivity index (χ0v) is 16.6. The Morgan fingerprint density at radius 3 is 2.33 bits per heavy atom. The lowest BCUT2D eigenvalue weighted by molar-refractivity contribution is 0.121. The molecule has 146 valence electrons. The molecular weight excluding hydrogens is 386 g/mol. The molecule has 0 unspecified atom stereocenters. The van der Waals surface area contributed by atoms with Crippen LogP contribution in [0.4, 0.5) is 0 Å². The second-order valence-electron chi connectivity index (χ2n) is 6.84. The number of fused-ring (bicyclic) bond motifs is 1. The van der Waals surface area contributed by atoms with Crippen LogP contribution in [-0.4, -0.2) is 57.6 Å². The largest absolute Gasteiger partial charge is 0.486 e. The Labute approximate surface area is 163 Å². The second kappa shape index (κ2) is 7.76. The molecule has 2 aliphatic rings. The van der Waals surface area contributed by atoms with Gasteiger partial charge in [0, 0.05) is 44.6 Å². The standard InChI is InChI=1S/C18H23N3O4S2/c19-27(22,23)18-13-26-12-15(18)11-21-5-3-20(4-6-21)10-14-1-2-16-17(9-14)25-8-7-24-16/h1-2,9,12-13H,3-8,10-11H2,(H2,19,22,23). The summed E-state index contributed by atoms with van der Waals surface area (Å²) in [6.45, 7) is 6.34. The monoisotopic (exact) mass is 409 g/mol. The van der Waals surface area contributed by atoms with Crippen molar-refractivity contribution >= 4 is 21.4 Å². The Balaban J connectivity index is 1.32. The Kier molecular flexibility index (Phi) is 5.38. The molecule has 1 aromatic heterocycles. The van der Waals surface area contributed by atoms with E-state index in [0.717, 1.165) is 49.8 Å². The summed E-state index contributed by atoms with van der Waals surface area (Å²) in [6.07, 6.45) is 0. The van der Waals surface area contributed by atoms with Crippen molar-refractivity contribution in [3.05, 3.63) is 40.1 Å². The zero-order valence-electron chi connectivity index (χ0n) is 15.0. The van der Waals surface area contributed by atoms with Crippen molar-refractivity contribution in [2.75, 3.05) is 39.4 Å². The maximum absolute atomic E-state index is 11.7. The van der Waals surface area contributed by atoms with Gasteiger partial charge in [-0.1, -0.05) is 6.07 Å². The lowest BCUT2D eigenvalue weighted by atomic mass is 10.1. The van der Waals surface area contributed by atoms with Gasteiger partial charge in [0.15, 0.2) is 11.5 Å². The Hall–Kier alpha value is -1.65. The number of piperazine rings is 1. The van der Waals surface area contributed by atoms with E-state index in [1.54, 1.807) is 5.38 Å². The van der Waals surface area contributed by atoms with E-state index < -0.39 is 10.0 Å². The minimum Gasteiger partial charge on any atom is -0.486 e. The summed E-state index contributed by atoms with van der Waals surface area (Å²) >= 11 is 1.38. The van der Waals surface area contributed by atoms with E-state index in [2.05, 4.69) is 21.9 Å². The molecule has 1 aromatic carbocycles. The quantitative estimate of drug-likeness (QED) is 0.805. The zero-order chi connectivity index (χ0) is 18.9. The molecule has 1 fully saturated rings. The van der Waals surface area contributed by atoms with Crippen molar-refractivity contribution in [2.45, 2.75) is 18.0 Å². The molecule has 3 heterocycles. The summed E-state index contributed by atoms with van der Waals surface area (Å²) in [4.78, 5) is 4.93. The maximum atomic E-state index is 11.7. The van der Waals surface area contributed by atoms with E-state index >= 15 is 0 Å². The van der Waals surface area contributed by atoms with Gasteiger partial charge < -0.3 is 9.47 Å². The van der Waals surface area contributed by atoms with E-state index in [1.165, 1.54) is 16.9 Å². The molecule has 0 amide bonds. The first-order valence-electron chi connectivity index (χ1n) is 8.90. The number of sulfonamides is 1. The third-order valence-corrected chi connectivity index (χ3v) is 6.81. The molecule has 27 heavy (non-hydrogen) atoms. The predicted octanol–water partition coefficient (Wildman–Crippen LogP) is 1.48. The molecule has 0 radical (unpaired) electrons. The lowest BCUT2D eigenvalue weighted by Gasteiger charge is -2.34. The molecular formula is C18H23N3O4S2. The molecule has 0 aliphatic carbocycles. The van der Waals surface area contributed by atoms with Gasteiger partial charge in [-0.25, -0.2) is 13.6 Å². The van der Waals surface area contributed by atoms with Crippen LogP contribution in [-0.2, 0) is 23.1 Å². The highest BCUT2D eigenvalue weighted by Crippen LogP contribution is 2.31. The van der Waals surface area contributed by atoms with Crippen LogP contribution < -0.4 is 14.6 Å². The first-order valence-corrected chi connectivity index (χ1v) is 11.4. The number of hydrogen-bond donors (Lipinski definition) is 1. The topological polar surface area (TPSA) is 85.1 Å². The van der Waals surface area contributed by atoms with Gasteiger partial charge in [0.25, 0.3) is 0 Å². The van der Waals surface area contributed by atoms with Crippen LogP contribution >= 0.6 is 11.3 Å². The van der Waals surface area contributed by atoms with Crippen LogP contribution in [0.3, 0.4) is 0 Å². The number of nitrogens with zero attached hydrogens (tertiary/aromatic N) is 2. The van der Waals surface area contributed by atoms with Crippen LogP contribution in [0.2, 0.25) is 0 Å². The minimum atomic E-state index is -3.65. The third kappa shape index (κ3) is 4.44. The fourth-order valence-electron chi connectivity index (χ4n) is 3.47. The highest BCUT2D eigenvalue weighted by Gasteiger charge is 2.21. The summed E-state index contributed by atoms with van der Waals surface area (Å²) in [7, 11) is -3.65. The van der Waals surface area contributed by atoms with E-state index in [-0.39, 0.29) is 4.90 Å². The lowest BCUT2D eigenvalue weighted by Crippen LogP contribution is -2.45. The van der Waals surface area contributed by atoms with Crippen LogP contribution in [0.1, 0.15) is 11.1 Å². The summed E-state index contributed by atoms with van der Waals surface area (Å²) in [6, 6.07) is 6.12. The first kappa shape index (κ1) is 18.7. The first-order chi connectivity index (χ1) is 13.0. The fraction of sp³-hybridized carbons (Fsp3) is 0.444. The second-order valence-corrected chi connectivity index (χ2v) is 9.11. The SMILES string of the molecule is NS(=O)(=O)c1cscc1CN1CCN(Cc2ccc3c(c2)OCCO3)CC1. The van der Waals surface area contributed by atoms with Gasteiger partial charge in [0.05, 0.1) is 4.90 Å². The van der Waals surface area contributed by atoms with Crippen LogP contribution in [0, 0.1) is 0 Å². The Bertz CT molecular complexity index is 905. The molecule has 9 heteroatoms. The van der Waals surface area contributed by atoms with Gasteiger partial charge >= 0.3 is 0 Å². The van der Waals surface area contributed by atoms with Crippen molar-refractivity contribution in [2.24, 2.45) is 5.14 Å². The molecule has 7 nitrogen and oxygen atoms in total. The van der Waals surface area contributed by atoms with Crippen molar-refractivity contribution in [3.8, 4) is 11.5 Å². The molecule has 1 saturated heterocycles. The number of primary sulfonamides is 1. The average Bonchev–Trinajstić information content (AvgIpc) is 3.12. The van der Waals surface area contributed by atoms with E-state index in [0.29, 0.717) is 19.8 Å². The van der Waals surface area contributed by atoms with Gasteiger partial charge in [-0.15, -0.1) is 0 Å². The maximum Gasteiger partial charge on any atom is 0.239 e. The summed E-state index contributed by atoms with van der Waals surface area (Å²) in [5.74, 6) is 1.64. The van der Waals surface area contributed by atoms with E-state index in [9.17, 15) is 8.42 Å². The van der Waals surface area contributed by atoms with Gasteiger partial charge in [-0.3, -0.25) is 9.80 Å². The van der Waals surface area contributed by atoms with Crippen molar-refractivity contribution < 1.29 is 17.9 Å². The van der Waals surface area contributed by atoms with Gasteiger partial charge in [0.2, 0.25) is 10.0 Å². The molecule has 2 aromatic rings. The highest BCUT2D eigenvalue weighted by molar-refractivity contribution is 7.89. The van der Waals surface area contributed by atoms with Crippen molar-refractivity contribution in [1.29, 1.82) is 0 Å². The normalized spacial score (nSPS) is 18.6. The number of nitrogens with two attached hydrogens (primary N) is 1. The number of hydrogen-bond acceptors (Lipinski definition) is 7. The summed E-state index contributed by atoms with van der Waals surface area (Å²) < 4.78 is 34.5. The Morgan fingerprint density at radius 1 is 0.963 bits per heavy atom. The van der Waals surface area contributed by atoms with Crippen LogP contribution in [0.15, 0.2) is 33.9 Å². The number of ether oxygens (including phenoxy) is 2. The smallest absolute Gasteiger partial charge is 0.239 e. The third-order valence-electron chi connectivity index (χ3n) is 4.88. The molecule has 0 saturated carbocycles. The van der Waals surface area contributed by atoms with E-state index in [1.807, 2.05) is 11.4 Å². The fourth-order valence-corrected chi connectivity index (χ4v) is 5.44. The van der Waals surface area contributed by atoms with Gasteiger partial charge in [-0.2, -0.15) is 11.3 Å². The molecule has 0 spiro atoms. The molecule has 4 rings (SSSR count). The van der Waals surface area contributed by atoms with Crippen molar-refractivity contribution in [3.63, 3.8) is 0 Å². The van der Waals surface area contributed by atoms with Gasteiger partial charge in [-0.05, 0) is 28.6 Å². The van der Waals surface area contributed by atoms with Crippen LogP contribution in [0.5, 0.6) is 11.5 Å². The van der Waals surface area contributed by atoms with Crippen molar-refractivity contribution in [1.82, 2.24) is 9.80 Å². The number of benzene rings is 1.